The zero-order chi connectivity index (χ0) is 33.0. The van der Waals surface area contributed by atoms with Crippen molar-refractivity contribution >= 4 is 39.6 Å². The third-order valence-electron chi connectivity index (χ3n) is 10.0. The van der Waals surface area contributed by atoms with E-state index < -0.39 is 53.5 Å². The molecule has 3 amide bonds. The molecule has 0 aromatic heterocycles. The maximum absolute atomic E-state index is 14.8. The number of nitrogens with one attached hydrogen (secondary N) is 1. The highest BCUT2D eigenvalue weighted by molar-refractivity contribution is 9.11. The number of allylic oxidation sites excluding steroid dienone is 1. The Bertz CT molecular complexity index is 1350. The number of nitrogens with zero attached hydrogens (tertiary/aromatic N) is 2. The Labute approximate surface area is 279 Å². The summed E-state index contributed by atoms with van der Waals surface area (Å²) in [5.41, 5.74) is -0.641. The molecule has 5 bridgehead atoms. The molecule has 8 atom stereocenters. The molecular formula is C35H46BrN3O7. The lowest BCUT2D eigenvalue weighted by Gasteiger charge is -2.40. The van der Waals surface area contributed by atoms with Crippen LogP contribution in [-0.4, -0.2) is 88.7 Å². The zero-order valence-electron chi connectivity index (χ0n) is 26.9. The summed E-state index contributed by atoms with van der Waals surface area (Å²) in [4.78, 5) is 59.7. The minimum absolute atomic E-state index is 0.0731. The van der Waals surface area contributed by atoms with Crippen LogP contribution < -0.4 is 5.32 Å². The van der Waals surface area contributed by atoms with Crippen molar-refractivity contribution < 1.29 is 33.8 Å². The summed E-state index contributed by atoms with van der Waals surface area (Å²) in [7, 11) is 0. The van der Waals surface area contributed by atoms with Gasteiger partial charge in [0.2, 0.25) is 17.7 Å². The highest BCUT2D eigenvalue weighted by Crippen LogP contribution is 2.59. The number of unbranched alkanes of at least 4 members (excludes halogenated alkanes) is 2. The van der Waals surface area contributed by atoms with E-state index in [0.29, 0.717) is 23.9 Å². The summed E-state index contributed by atoms with van der Waals surface area (Å²) < 4.78 is 12.9. The first-order chi connectivity index (χ1) is 22.2. The molecule has 0 unspecified atom stereocenters. The Morgan fingerprint density at radius 2 is 1.85 bits per heavy atom. The van der Waals surface area contributed by atoms with Crippen molar-refractivity contribution in [3.8, 4) is 0 Å². The molecule has 11 heteroatoms. The number of amides is 3. The number of cyclic esters (lactones) is 1. The molecule has 1 spiro atoms. The van der Waals surface area contributed by atoms with Crippen molar-refractivity contribution in [1.82, 2.24) is 15.1 Å². The van der Waals surface area contributed by atoms with Gasteiger partial charge in [-0.1, -0.05) is 98.4 Å². The summed E-state index contributed by atoms with van der Waals surface area (Å²) in [6.07, 6.45) is 8.75. The van der Waals surface area contributed by atoms with Gasteiger partial charge in [0.15, 0.2) is 0 Å². The number of esters is 1. The third-order valence-corrected chi connectivity index (χ3v) is 10.7. The molecule has 4 aliphatic rings. The number of halogens is 1. The Hall–Kier alpha value is -3.02. The van der Waals surface area contributed by atoms with Crippen LogP contribution in [0.5, 0.6) is 0 Å². The summed E-state index contributed by atoms with van der Waals surface area (Å²) in [6.45, 7) is 6.41. The lowest BCUT2D eigenvalue weighted by Crippen LogP contribution is -2.59. The Balaban J connectivity index is 1.61. The predicted octanol–water partition coefficient (Wildman–Crippen LogP) is 4.04. The number of ether oxygens (including phenoxy) is 2. The fourth-order valence-corrected chi connectivity index (χ4v) is 8.10. The molecule has 0 saturated carbocycles. The van der Waals surface area contributed by atoms with Crippen molar-refractivity contribution in [2.45, 2.75) is 89.1 Å². The number of aliphatic hydroxyl groups is 1. The normalized spacial score (nSPS) is 32.1. The van der Waals surface area contributed by atoms with Crippen LogP contribution in [0, 0.1) is 17.8 Å². The molecule has 4 aliphatic heterocycles. The molecule has 46 heavy (non-hydrogen) atoms. The molecule has 2 N–H and O–H groups in total. The van der Waals surface area contributed by atoms with Gasteiger partial charge in [-0.05, 0) is 30.4 Å². The topological polar surface area (TPSA) is 125 Å². The minimum Gasteiger partial charge on any atom is -0.463 e. The average molecular weight is 701 g/mol. The lowest BCUT2D eigenvalue weighted by atomic mass is 9.74. The molecule has 4 heterocycles. The van der Waals surface area contributed by atoms with E-state index in [1.165, 1.54) is 4.90 Å². The first-order valence-electron chi connectivity index (χ1n) is 16.6. The molecule has 2 saturated heterocycles. The van der Waals surface area contributed by atoms with Gasteiger partial charge in [0.05, 0.1) is 30.5 Å². The van der Waals surface area contributed by atoms with Crippen LogP contribution in [-0.2, 0) is 28.7 Å². The molecule has 10 nitrogen and oxygen atoms in total. The molecular weight excluding hydrogens is 654 g/mol. The molecule has 5 rings (SSSR count). The summed E-state index contributed by atoms with van der Waals surface area (Å²) in [5.74, 6) is -3.50. The van der Waals surface area contributed by atoms with E-state index in [-0.39, 0.29) is 43.9 Å². The van der Waals surface area contributed by atoms with E-state index >= 15 is 0 Å². The Kier molecular flexibility index (Phi) is 11.1. The van der Waals surface area contributed by atoms with Crippen LogP contribution in [0.15, 0.2) is 53.0 Å². The van der Waals surface area contributed by atoms with Gasteiger partial charge in [0, 0.05) is 24.0 Å². The monoisotopic (exact) mass is 699 g/mol. The fourth-order valence-electron chi connectivity index (χ4n) is 7.37. The first kappa shape index (κ1) is 34.3. The number of carbonyl (C=O) groups excluding carboxylic acids is 4. The molecule has 250 valence electrons. The largest absolute Gasteiger partial charge is 0.463 e. The molecule has 2 fully saturated rings. The predicted molar refractivity (Wildman–Crippen MR) is 175 cm³/mol. The maximum atomic E-state index is 14.8. The summed E-state index contributed by atoms with van der Waals surface area (Å²) in [6, 6.07) is 6.88. The van der Waals surface area contributed by atoms with E-state index in [0.717, 1.165) is 24.8 Å². The summed E-state index contributed by atoms with van der Waals surface area (Å²) in [5, 5.41) is 13.7. The van der Waals surface area contributed by atoms with Gasteiger partial charge in [-0.3, -0.25) is 19.2 Å². The molecule has 0 aliphatic carbocycles. The number of hydrogen-bond donors (Lipinski definition) is 2. The van der Waals surface area contributed by atoms with Crippen molar-refractivity contribution in [3.05, 3.63) is 58.6 Å². The second-order valence-corrected chi connectivity index (χ2v) is 13.8. The number of benzene rings is 1. The molecule has 1 aromatic carbocycles. The van der Waals surface area contributed by atoms with Crippen molar-refractivity contribution in [3.63, 3.8) is 0 Å². The van der Waals surface area contributed by atoms with E-state index in [1.54, 1.807) is 4.90 Å². The van der Waals surface area contributed by atoms with Crippen molar-refractivity contribution in [1.29, 1.82) is 0 Å². The first-order valence-corrected chi connectivity index (χ1v) is 17.4. The molecule has 0 radical (unpaired) electrons. The van der Waals surface area contributed by atoms with Gasteiger partial charge in [-0.2, -0.15) is 0 Å². The number of hydrogen-bond acceptors (Lipinski definition) is 7. The number of carbonyl (C=O) groups is 4. The maximum Gasteiger partial charge on any atom is 0.306 e. The second kappa shape index (κ2) is 14.8. The van der Waals surface area contributed by atoms with Crippen molar-refractivity contribution in [2.75, 3.05) is 26.3 Å². The van der Waals surface area contributed by atoms with Crippen LogP contribution in [0.4, 0.5) is 0 Å². The summed E-state index contributed by atoms with van der Waals surface area (Å²) >= 11 is 3.62. The van der Waals surface area contributed by atoms with E-state index in [1.807, 2.05) is 62.4 Å². The standard InChI is InChI=1S/C35H46BrN3O7/c1-4-6-12-17-38-18-13-8-11-16-27(41)45-21-25(23-14-9-7-10-15-23)37-32(42)28-29-33(43)39(26(20-40)22(3)5-2)31(34(38)44)35(29)19-24(36)30(28)46-35/h7-10,13-15,19,22,25-26,28-31,40H,4-6,11-12,16-18,20-21H2,1-3H3,(H,37,42)/b13-8-/t22-,25+,26-,28+,29-,30+,31+,35-/m0/s1. The SMILES string of the molecule is CCCCCN1C/C=C\CCC(=O)OC[C@H](c2ccccc2)NC(=O)[C@H]2[C@@H]3O[C@@]4(C=C3Br)[C@@H]2C(=O)N([C@@H](CO)[C@@H](C)CC)[C@@H]4C1=O. The van der Waals surface area contributed by atoms with Crippen LogP contribution in [0.3, 0.4) is 0 Å². The number of rotatable bonds is 9. The zero-order valence-corrected chi connectivity index (χ0v) is 28.5. The Morgan fingerprint density at radius 3 is 2.54 bits per heavy atom. The van der Waals surface area contributed by atoms with E-state index in [2.05, 4.69) is 28.2 Å². The highest BCUT2D eigenvalue weighted by atomic mass is 79.9. The smallest absolute Gasteiger partial charge is 0.306 e. The van der Waals surface area contributed by atoms with E-state index in [4.69, 9.17) is 9.47 Å². The number of aliphatic hydroxyl groups excluding tert-OH is 1. The number of likely N-dealkylation sites (tertiary alicyclic amines) is 1. The van der Waals surface area contributed by atoms with Crippen LogP contribution in [0.25, 0.3) is 0 Å². The lowest BCUT2D eigenvalue weighted by molar-refractivity contribution is -0.151. The number of fused-ring (bicyclic) bond motifs is 2. The van der Waals surface area contributed by atoms with E-state index in [9.17, 15) is 24.3 Å². The van der Waals surface area contributed by atoms with Crippen LogP contribution in [0.1, 0.15) is 70.9 Å². The van der Waals surface area contributed by atoms with Gasteiger partial charge in [0.1, 0.15) is 24.4 Å². The van der Waals surface area contributed by atoms with Gasteiger partial charge >= 0.3 is 5.97 Å². The second-order valence-electron chi connectivity index (χ2n) is 12.9. The Morgan fingerprint density at radius 1 is 1.09 bits per heavy atom. The van der Waals surface area contributed by atoms with Crippen molar-refractivity contribution in [2.24, 2.45) is 17.8 Å². The van der Waals surface area contributed by atoms with Gasteiger partial charge in [-0.25, -0.2) is 0 Å². The average Bonchev–Trinajstić information content (AvgIpc) is 3.65. The third kappa shape index (κ3) is 6.42. The van der Waals surface area contributed by atoms with Gasteiger partial charge in [0.25, 0.3) is 0 Å². The molecule has 1 aromatic rings. The quantitative estimate of drug-likeness (QED) is 0.227. The minimum atomic E-state index is -1.39. The fraction of sp³-hybridized carbons (Fsp3) is 0.600. The van der Waals surface area contributed by atoms with Crippen LogP contribution >= 0.6 is 15.9 Å². The van der Waals surface area contributed by atoms with Gasteiger partial charge in [-0.15, -0.1) is 0 Å². The van der Waals surface area contributed by atoms with Crippen LogP contribution in [0.2, 0.25) is 0 Å². The highest BCUT2D eigenvalue weighted by Gasteiger charge is 2.75. The van der Waals surface area contributed by atoms with Gasteiger partial charge < -0.3 is 29.7 Å².